The molecule has 2 atom stereocenters. The Labute approximate surface area is 97.3 Å². The van der Waals surface area contributed by atoms with E-state index in [-0.39, 0.29) is 11.9 Å². The second kappa shape index (κ2) is 5.64. The molecule has 0 bridgehead atoms. The number of nitrogens with zero attached hydrogens (tertiary/aromatic N) is 1. The van der Waals surface area contributed by atoms with Gasteiger partial charge in [0.05, 0.1) is 13.2 Å². The maximum atomic E-state index is 12.2. The van der Waals surface area contributed by atoms with Crippen LogP contribution in [0.3, 0.4) is 0 Å². The number of rotatable bonds is 2. The number of carbonyl (C=O) groups excluding carboxylic acids is 1. The SMILES string of the molecule is CCC1CCCN(C(=O)C2COCCN2)C1. The highest BCUT2D eigenvalue weighted by atomic mass is 16.5. The summed E-state index contributed by atoms with van der Waals surface area (Å²) in [5.74, 6) is 0.931. The summed E-state index contributed by atoms with van der Waals surface area (Å²) >= 11 is 0. The van der Waals surface area contributed by atoms with Crippen molar-refractivity contribution >= 4 is 5.91 Å². The van der Waals surface area contributed by atoms with Crippen LogP contribution in [-0.2, 0) is 9.53 Å². The van der Waals surface area contributed by atoms with Gasteiger partial charge in [0.15, 0.2) is 0 Å². The fourth-order valence-corrected chi connectivity index (χ4v) is 2.54. The van der Waals surface area contributed by atoms with Crippen LogP contribution >= 0.6 is 0 Å². The first-order valence-corrected chi connectivity index (χ1v) is 6.41. The summed E-state index contributed by atoms with van der Waals surface area (Å²) in [6, 6.07) is -0.107. The van der Waals surface area contributed by atoms with Gasteiger partial charge in [-0.15, -0.1) is 0 Å². The lowest BCUT2D eigenvalue weighted by molar-refractivity contribution is -0.138. The number of hydrogen-bond donors (Lipinski definition) is 1. The number of morpholine rings is 1. The Balaban J connectivity index is 1.87. The van der Waals surface area contributed by atoms with Crippen molar-refractivity contribution in [2.75, 3.05) is 32.8 Å². The third-order valence-corrected chi connectivity index (χ3v) is 3.63. The Bertz CT molecular complexity index is 239. The first-order chi connectivity index (χ1) is 7.81. The van der Waals surface area contributed by atoms with Gasteiger partial charge in [0.25, 0.3) is 0 Å². The maximum absolute atomic E-state index is 12.2. The molecule has 0 aromatic rings. The molecule has 4 nitrogen and oxygen atoms in total. The molecule has 2 unspecified atom stereocenters. The Morgan fingerprint density at radius 3 is 3.12 bits per heavy atom. The van der Waals surface area contributed by atoms with Crippen LogP contribution in [-0.4, -0.2) is 49.7 Å². The first-order valence-electron chi connectivity index (χ1n) is 6.41. The van der Waals surface area contributed by atoms with Gasteiger partial charge in [-0.2, -0.15) is 0 Å². The minimum Gasteiger partial charge on any atom is -0.378 e. The number of nitrogens with one attached hydrogen (secondary N) is 1. The largest absolute Gasteiger partial charge is 0.378 e. The predicted molar refractivity (Wildman–Crippen MR) is 62.2 cm³/mol. The van der Waals surface area contributed by atoms with Gasteiger partial charge in [0.2, 0.25) is 5.91 Å². The summed E-state index contributed by atoms with van der Waals surface area (Å²) in [4.78, 5) is 14.2. The Kier molecular flexibility index (Phi) is 4.18. The molecule has 16 heavy (non-hydrogen) atoms. The van der Waals surface area contributed by atoms with E-state index in [0.717, 1.165) is 32.7 Å². The van der Waals surface area contributed by atoms with E-state index in [1.807, 2.05) is 4.90 Å². The summed E-state index contributed by atoms with van der Waals surface area (Å²) in [6.07, 6.45) is 3.60. The van der Waals surface area contributed by atoms with Crippen LogP contribution in [0.2, 0.25) is 0 Å². The molecule has 2 heterocycles. The average Bonchev–Trinajstić information content (AvgIpc) is 2.39. The van der Waals surface area contributed by atoms with E-state index in [1.165, 1.54) is 12.8 Å². The molecule has 2 rings (SSSR count). The fourth-order valence-electron chi connectivity index (χ4n) is 2.54. The van der Waals surface area contributed by atoms with E-state index in [9.17, 15) is 4.79 Å². The highest BCUT2D eigenvalue weighted by Gasteiger charge is 2.29. The summed E-state index contributed by atoms with van der Waals surface area (Å²) in [7, 11) is 0. The van der Waals surface area contributed by atoms with Gasteiger partial charge >= 0.3 is 0 Å². The minimum atomic E-state index is -0.107. The van der Waals surface area contributed by atoms with Crippen LogP contribution in [0.15, 0.2) is 0 Å². The third-order valence-electron chi connectivity index (χ3n) is 3.63. The Morgan fingerprint density at radius 2 is 2.44 bits per heavy atom. The molecule has 2 aliphatic heterocycles. The van der Waals surface area contributed by atoms with Crippen molar-refractivity contribution < 1.29 is 9.53 Å². The standard InChI is InChI=1S/C12H22N2O2/c1-2-10-4-3-6-14(8-10)12(15)11-9-16-7-5-13-11/h10-11,13H,2-9H2,1H3. The van der Waals surface area contributed by atoms with Gasteiger partial charge in [-0.1, -0.05) is 13.3 Å². The molecule has 0 aliphatic carbocycles. The highest BCUT2D eigenvalue weighted by Crippen LogP contribution is 2.19. The lowest BCUT2D eigenvalue weighted by atomic mass is 9.95. The molecule has 1 amide bonds. The van der Waals surface area contributed by atoms with Crippen LogP contribution in [0.5, 0.6) is 0 Å². The number of likely N-dealkylation sites (tertiary alicyclic amines) is 1. The van der Waals surface area contributed by atoms with E-state index in [1.54, 1.807) is 0 Å². The quantitative estimate of drug-likeness (QED) is 0.750. The average molecular weight is 226 g/mol. The van der Waals surface area contributed by atoms with Crippen LogP contribution in [0, 0.1) is 5.92 Å². The summed E-state index contributed by atoms with van der Waals surface area (Å²) in [5.41, 5.74) is 0. The van der Waals surface area contributed by atoms with E-state index in [4.69, 9.17) is 4.74 Å². The first kappa shape index (κ1) is 11.9. The number of hydrogen-bond acceptors (Lipinski definition) is 3. The van der Waals surface area contributed by atoms with Crippen LogP contribution in [0.1, 0.15) is 26.2 Å². The normalized spacial score (nSPS) is 31.4. The molecular weight excluding hydrogens is 204 g/mol. The third kappa shape index (κ3) is 2.74. The molecule has 92 valence electrons. The number of carbonyl (C=O) groups is 1. The zero-order chi connectivity index (χ0) is 11.4. The van der Waals surface area contributed by atoms with Crippen LogP contribution in [0.25, 0.3) is 0 Å². The monoisotopic (exact) mass is 226 g/mol. The summed E-state index contributed by atoms with van der Waals surface area (Å²) in [5, 5.41) is 3.23. The van der Waals surface area contributed by atoms with Gasteiger partial charge in [-0.05, 0) is 18.8 Å². The predicted octanol–water partition coefficient (Wildman–Crippen LogP) is 0.623. The van der Waals surface area contributed by atoms with Crippen molar-refractivity contribution in [1.82, 2.24) is 10.2 Å². The van der Waals surface area contributed by atoms with Crippen LogP contribution in [0.4, 0.5) is 0 Å². The van der Waals surface area contributed by atoms with Crippen molar-refractivity contribution in [3.05, 3.63) is 0 Å². The molecule has 0 spiro atoms. The van der Waals surface area contributed by atoms with Crippen LogP contribution < -0.4 is 5.32 Å². The van der Waals surface area contributed by atoms with Crippen molar-refractivity contribution in [2.24, 2.45) is 5.92 Å². The minimum absolute atomic E-state index is 0.107. The van der Waals surface area contributed by atoms with Gasteiger partial charge in [0.1, 0.15) is 6.04 Å². The van der Waals surface area contributed by atoms with Gasteiger partial charge in [-0.3, -0.25) is 4.79 Å². The van der Waals surface area contributed by atoms with Crippen molar-refractivity contribution in [1.29, 1.82) is 0 Å². The zero-order valence-corrected chi connectivity index (χ0v) is 10.1. The van der Waals surface area contributed by atoms with Gasteiger partial charge in [-0.25, -0.2) is 0 Å². The molecule has 2 fully saturated rings. The van der Waals surface area contributed by atoms with Gasteiger partial charge in [0, 0.05) is 19.6 Å². The van der Waals surface area contributed by atoms with Gasteiger partial charge < -0.3 is 15.0 Å². The van der Waals surface area contributed by atoms with Crippen molar-refractivity contribution in [3.8, 4) is 0 Å². The van der Waals surface area contributed by atoms with Crippen molar-refractivity contribution in [2.45, 2.75) is 32.2 Å². The van der Waals surface area contributed by atoms with E-state index in [0.29, 0.717) is 12.5 Å². The van der Waals surface area contributed by atoms with E-state index in [2.05, 4.69) is 12.2 Å². The molecule has 1 N–H and O–H groups in total. The Hall–Kier alpha value is -0.610. The molecule has 0 radical (unpaired) electrons. The molecule has 0 aromatic heterocycles. The molecular formula is C12H22N2O2. The lowest BCUT2D eigenvalue weighted by Crippen LogP contribution is -2.54. The molecule has 0 saturated carbocycles. The second-order valence-corrected chi connectivity index (χ2v) is 4.78. The number of ether oxygens (including phenoxy) is 1. The maximum Gasteiger partial charge on any atom is 0.242 e. The second-order valence-electron chi connectivity index (χ2n) is 4.78. The number of piperidine rings is 1. The molecule has 2 saturated heterocycles. The molecule has 0 aromatic carbocycles. The smallest absolute Gasteiger partial charge is 0.242 e. The van der Waals surface area contributed by atoms with E-state index >= 15 is 0 Å². The topological polar surface area (TPSA) is 41.6 Å². The highest BCUT2D eigenvalue weighted by molar-refractivity contribution is 5.82. The Morgan fingerprint density at radius 1 is 1.56 bits per heavy atom. The molecule has 4 heteroatoms. The number of amides is 1. The van der Waals surface area contributed by atoms with E-state index < -0.39 is 0 Å². The zero-order valence-electron chi connectivity index (χ0n) is 10.1. The van der Waals surface area contributed by atoms with Crippen molar-refractivity contribution in [3.63, 3.8) is 0 Å². The molecule has 2 aliphatic rings. The fraction of sp³-hybridized carbons (Fsp3) is 0.917. The summed E-state index contributed by atoms with van der Waals surface area (Å²) < 4.78 is 5.34. The lowest BCUT2D eigenvalue weighted by Gasteiger charge is -2.35. The summed E-state index contributed by atoms with van der Waals surface area (Å²) in [6.45, 7) is 6.12.